The average molecular weight is 313 g/mol. The van der Waals surface area contributed by atoms with Crippen LogP contribution in [-0.4, -0.2) is 11.1 Å². The summed E-state index contributed by atoms with van der Waals surface area (Å²) < 4.78 is 5.94. The molecule has 5 heteroatoms. The van der Waals surface area contributed by atoms with Crippen molar-refractivity contribution in [3.63, 3.8) is 0 Å². The zero-order chi connectivity index (χ0) is 12.3. The predicted octanol–water partition coefficient (Wildman–Crippen LogP) is 4.03. The Morgan fingerprint density at radius 1 is 1.29 bits per heavy atom. The standard InChI is InChI=1S/C12H9BrO3S/c13-9-1-3-10(4-2-9)17-7-8-5-6-16-11(8)12(14)15/h1-6H,7H2,(H,14,15). The maximum atomic E-state index is 10.8. The van der Waals surface area contributed by atoms with E-state index >= 15 is 0 Å². The van der Waals surface area contributed by atoms with Crippen molar-refractivity contribution in [3.05, 3.63) is 52.4 Å². The fraction of sp³-hybridized carbons (Fsp3) is 0.0833. The Bertz CT molecular complexity index is 519. The monoisotopic (exact) mass is 312 g/mol. The highest BCUT2D eigenvalue weighted by Crippen LogP contribution is 2.26. The molecule has 1 heterocycles. The van der Waals surface area contributed by atoms with E-state index in [0.29, 0.717) is 11.3 Å². The fourth-order valence-electron chi connectivity index (χ4n) is 1.33. The molecule has 0 spiro atoms. The van der Waals surface area contributed by atoms with Gasteiger partial charge >= 0.3 is 5.97 Å². The van der Waals surface area contributed by atoms with Crippen LogP contribution in [-0.2, 0) is 5.75 Å². The van der Waals surface area contributed by atoms with Gasteiger partial charge in [-0.1, -0.05) is 15.9 Å². The van der Waals surface area contributed by atoms with Crippen molar-refractivity contribution in [2.24, 2.45) is 0 Å². The van der Waals surface area contributed by atoms with Gasteiger partial charge in [-0.3, -0.25) is 0 Å². The van der Waals surface area contributed by atoms with Crippen LogP contribution in [0.15, 0.2) is 50.4 Å². The molecule has 1 aromatic carbocycles. The zero-order valence-corrected chi connectivity index (χ0v) is 11.1. The summed E-state index contributed by atoms with van der Waals surface area (Å²) in [7, 11) is 0. The third kappa shape index (κ3) is 3.14. The molecule has 1 aromatic heterocycles. The minimum atomic E-state index is -1.03. The van der Waals surface area contributed by atoms with Gasteiger partial charge < -0.3 is 9.52 Å². The van der Waals surface area contributed by atoms with Crippen LogP contribution in [0.5, 0.6) is 0 Å². The molecule has 0 unspecified atom stereocenters. The van der Waals surface area contributed by atoms with Gasteiger partial charge in [0.2, 0.25) is 5.76 Å². The van der Waals surface area contributed by atoms with Crippen LogP contribution in [0.4, 0.5) is 0 Å². The van der Waals surface area contributed by atoms with Crippen LogP contribution in [0.25, 0.3) is 0 Å². The lowest BCUT2D eigenvalue weighted by Gasteiger charge is -2.01. The summed E-state index contributed by atoms with van der Waals surface area (Å²) in [5.74, 6) is -0.421. The summed E-state index contributed by atoms with van der Waals surface area (Å²) in [4.78, 5) is 11.9. The molecule has 3 nitrogen and oxygen atoms in total. The van der Waals surface area contributed by atoms with Crippen molar-refractivity contribution in [1.29, 1.82) is 0 Å². The summed E-state index contributed by atoms with van der Waals surface area (Å²) >= 11 is 4.94. The van der Waals surface area contributed by atoms with E-state index in [1.807, 2.05) is 24.3 Å². The highest BCUT2D eigenvalue weighted by molar-refractivity contribution is 9.10. The molecule has 0 aliphatic rings. The molecule has 0 radical (unpaired) electrons. The largest absolute Gasteiger partial charge is 0.475 e. The second-order valence-corrected chi connectivity index (χ2v) is 5.29. The zero-order valence-electron chi connectivity index (χ0n) is 8.72. The SMILES string of the molecule is O=C(O)c1occc1CSc1ccc(Br)cc1. The van der Waals surface area contributed by atoms with E-state index in [2.05, 4.69) is 15.9 Å². The fourth-order valence-corrected chi connectivity index (χ4v) is 2.47. The van der Waals surface area contributed by atoms with E-state index in [4.69, 9.17) is 9.52 Å². The number of thioether (sulfide) groups is 1. The van der Waals surface area contributed by atoms with E-state index in [0.717, 1.165) is 9.37 Å². The second kappa shape index (κ2) is 5.42. The molecule has 0 atom stereocenters. The third-order valence-electron chi connectivity index (χ3n) is 2.15. The number of carboxylic acids is 1. The van der Waals surface area contributed by atoms with Crippen molar-refractivity contribution in [1.82, 2.24) is 0 Å². The summed E-state index contributed by atoms with van der Waals surface area (Å²) in [6.45, 7) is 0. The maximum absolute atomic E-state index is 10.8. The highest BCUT2D eigenvalue weighted by Gasteiger charge is 2.13. The number of hydrogen-bond acceptors (Lipinski definition) is 3. The Balaban J connectivity index is 2.05. The van der Waals surface area contributed by atoms with Gasteiger partial charge in [-0.15, -0.1) is 11.8 Å². The first kappa shape index (κ1) is 12.3. The maximum Gasteiger partial charge on any atom is 0.372 e. The van der Waals surface area contributed by atoms with Gasteiger partial charge in [-0.2, -0.15) is 0 Å². The quantitative estimate of drug-likeness (QED) is 0.866. The normalized spacial score (nSPS) is 10.4. The summed E-state index contributed by atoms with van der Waals surface area (Å²) in [6, 6.07) is 9.56. The Kier molecular flexibility index (Phi) is 3.91. The predicted molar refractivity (Wildman–Crippen MR) is 69.4 cm³/mol. The molecule has 1 N–H and O–H groups in total. The topological polar surface area (TPSA) is 50.4 Å². The number of rotatable bonds is 4. The van der Waals surface area contributed by atoms with Crippen LogP contribution >= 0.6 is 27.7 Å². The Morgan fingerprint density at radius 2 is 2.00 bits per heavy atom. The lowest BCUT2D eigenvalue weighted by atomic mass is 10.3. The molecule has 0 saturated carbocycles. The smallest absolute Gasteiger partial charge is 0.372 e. The minimum absolute atomic E-state index is 0.0228. The molecule has 0 fully saturated rings. The lowest BCUT2D eigenvalue weighted by molar-refractivity contribution is 0.0661. The van der Waals surface area contributed by atoms with Crippen LogP contribution in [0, 0.1) is 0 Å². The van der Waals surface area contributed by atoms with Crippen molar-refractivity contribution in [2.45, 2.75) is 10.6 Å². The molecular formula is C12H9BrO3S. The first-order chi connectivity index (χ1) is 8.16. The Labute approximate surface area is 111 Å². The van der Waals surface area contributed by atoms with Gasteiger partial charge in [0.25, 0.3) is 0 Å². The Morgan fingerprint density at radius 3 is 2.65 bits per heavy atom. The Hall–Kier alpha value is -1.20. The van der Waals surface area contributed by atoms with Crippen molar-refractivity contribution in [2.75, 3.05) is 0 Å². The van der Waals surface area contributed by atoms with Crippen molar-refractivity contribution in [3.8, 4) is 0 Å². The van der Waals surface area contributed by atoms with Gasteiger partial charge in [0.05, 0.1) is 6.26 Å². The van der Waals surface area contributed by atoms with Gasteiger partial charge in [0.15, 0.2) is 0 Å². The minimum Gasteiger partial charge on any atom is -0.475 e. The number of carbonyl (C=O) groups is 1. The highest BCUT2D eigenvalue weighted by atomic mass is 79.9. The molecule has 2 aromatic rings. The lowest BCUT2D eigenvalue weighted by Crippen LogP contribution is -1.97. The van der Waals surface area contributed by atoms with E-state index in [-0.39, 0.29) is 5.76 Å². The van der Waals surface area contributed by atoms with Gasteiger partial charge in [0.1, 0.15) is 0 Å². The van der Waals surface area contributed by atoms with Crippen molar-refractivity contribution < 1.29 is 14.3 Å². The average Bonchev–Trinajstić information content (AvgIpc) is 2.76. The molecule has 0 aliphatic carbocycles. The second-order valence-electron chi connectivity index (χ2n) is 3.32. The molecule has 0 saturated heterocycles. The van der Waals surface area contributed by atoms with Gasteiger partial charge in [-0.05, 0) is 30.3 Å². The van der Waals surface area contributed by atoms with Crippen LogP contribution in [0.1, 0.15) is 16.1 Å². The van der Waals surface area contributed by atoms with E-state index < -0.39 is 5.97 Å². The molecular weight excluding hydrogens is 304 g/mol. The molecule has 2 rings (SSSR count). The third-order valence-corrected chi connectivity index (χ3v) is 3.74. The number of hydrogen-bond donors (Lipinski definition) is 1. The van der Waals surface area contributed by atoms with E-state index in [9.17, 15) is 4.79 Å². The number of halogens is 1. The van der Waals surface area contributed by atoms with Crippen molar-refractivity contribution >= 4 is 33.7 Å². The van der Waals surface area contributed by atoms with Crippen LogP contribution in [0.2, 0.25) is 0 Å². The number of aromatic carboxylic acids is 1. The van der Waals surface area contributed by atoms with Crippen LogP contribution in [0.3, 0.4) is 0 Å². The van der Waals surface area contributed by atoms with E-state index in [1.165, 1.54) is 6.26 Å². The first-order valence-corrected chi connectivity index (χ1v) is 6.62. The molecule has 17 heavy (non-hydrogen) atoms. The molecule has 0 bridgehead atoms. The molecule has 88 valence electrons. The molecule has 0 aliphatic heterocycles. The van der Waals surface area contributed by atoms with E-state index in [1.54, 1.807) is 17.8 Å². The number of benzene rings is 1. The first-order valence-electron chi connectivity index (χ1n) is 4.85. The summed E-state index contributed by atoms with van der Waals surface area (Å²) in [5.41, 5.74) is 0.699. The van der Waals surface area contributed by atoms with Crippen LogP contribution < -0.4 is 0 Å². The summed E-state index contributed by atoms with van der Waals surface area (Å²) in [6.07, 6.45) is 1.40. The van der Waals surface area contributed by atoms with Gasteiger partial charge in [0, 0.05) is 20.7 Å². The number of furan rings is 1. The number of carboxylic acid groups (broad SMARTS) is 1. The molecule has 0 amide bonds. The van der Waals surface area contributed by atoms with Gasteiger partial charge in [-0.25, -0.2) is 4.79 Å². The summed E-state index contributed by atoms with van der Waals surface area (Å²) in [5, 5.41) is 8.88.